The zero-order valence-electron chi connectivity index (χ0n) is 15.0. The van der Waals surface area contributed by atoms with E-state index in [1.165, 1.54) is 18.2 Å². The zero-order valence-corrected chi connectivity index (χ0v) is 17.3. The summed E-state index contributed by atoms with van der Waals surface area (Å²) in [5.74, 6) is 0.908. The van der Waals surface area contributed by atoms with Gasteiger partial charge in [-0.25, -0.2) is 13.1 Å². The molecule has 0 spiro atoms. The van der Waals surface area contributed by atoms with Gasteiger partial charge in [0.1, 0.15) is 5.75 Å². The maximum Gasteiger partial charge on any atom is 0.322 e. The van der Waals surface area contributed by atoms with Crippen molar-refractivity contribution in [3.8, 4) is 11.8 Å². The molecule has 8 nitrogen and oxygen atoms in total. The first-order chi connectivity index (χ1) is 13.3. The Balaban J connectivity index is 1.84. The van der Waals surface area contributed by atoms with Crippen LogP contribution in [-0.4, -0.2) is 28.2 Å². The van der Waals surface area contributed by atoms with E-state index in [1.54, 1.807) is 36.0 Å². The van der Waals surface area contributed by atoms with Crippen molar-refractivity contribution in [3.63, 3.8) is 0 Å². The van der Waals surface area contributed by atoms with Gasteiger partial charge >= 0.3 is 6.01 Å². The van der Waals surface area contributed by atoms with Gasteiger partial charge in [0.15, 0.2) is 5.82 Å². The first-order valence-corrected chi connectivity index (χ1v) is 10.5. The van der Waals surface area contributed by atoms with Crippen LogP contribution in [0.4, 0.5) is 0 Å². The van der Waals surface area contributed by atoms with Crippen LogP contribution in [0.2, 0.25) is 10.0 Å². The van der Waals surface area contributed by atoms with Gasteiger partial charge < -0.3 is 4.74 Å². The minimum absolute atomic E-state index is 0.00291. The number of benzene rings is 1. The standard InChI is InChI=1S/C17H17Cl2N5O3S/c1-3-24-16(21-22-17(24)27-12-5-4-8-20-10-12)11(2)23-28(25,26)13-6-7-14(18)15(19)9-13/h4-11,23H,3H2,1-2H3/t11-/m1/s1. The normalized spacial score (nSPS) is 12.7. The van der Waals surface area contributed by atoms with E-state index in [0.29, 0.717) is 18.1 Å². The third kappa shape index (κ3) is 4.44. The quantitative estimate of drug-likeness (QED) is 0.597. The number of aromatic nitrogens is 4. The van der Waals surface area contributed by atoms with Crippen molar-refractivity contribution >= 4 is 33.2 Å². The average Bonchev–Trinajstić information content (AvgIpc) is 3.07. The molecular formula is C17H17Cl2N5O3S. The number of pyridine rings is 1. The predicted octanol–water partition coefficient (Wildman–Crippen LogP) is 3.83. The summed E-state index contributed by atoms with van der Waals surface area (Å²) in [6, 6.07) is 7.14. The maximum absolute atomic E-state index is 12.7. The molecule has 0 aliphatic rings. The summed E-state index contributed by atoms with van der Waals surface area (Å²) in [5, 5.41) is 8.54. The molecular weight excluding hydrogens is 425 g/mol. The molecule has 3 rings (SSSR count). The third-order valence-electron chi connectivity index (χ3n) is 3.83. The fraction of sp³-hybridized carbons (Fsp3) is 0.235. The Morgan fingerprint density at radius 2 is 2.00 bits per heavy atom. The minimum Gasteiger partial charge on any atom is -0.423 e. The molecule has 0 aliphatic carbocycles. The summed E-state index contributed by atoms with van der Waals surface area (Å²) in [7, 11) is -3.85. The van der Waals surface area contributed by atoms with Crippen molar-refractivity contribution < 1.29 is 13.2 Å². The van der Waals surface area contributed by atoms with Crippen LogP contribution >= 0.6 is 23.2 Å². The molecule has 0 bridgehead atoms. The second kappa shape index (κ2) is 8.44. The van der Waals surface area contributed by atoms with Crippen molar-refractivity contribution in [3.05, 3.63) is 58.6 Å². The molecule has 0 saturated carbocycles. The van der Waals surface area contributed by atoms with Crippen molar-refractivity contribution in [2.24, 2.45) is 0 Å². The van der Waals surface area contributed by atoms with Gasteiger partial charge in [-0.1, -0.05) is 28.3 Å². The van der Waals surface area contributed by atoms with Crippen molar-refractivity contribution in [2.75, 3.05) is 0 Å². The van der Waals surface area contributed by atoms with Crippen LogP contribution in [0, 0.1) is 0 Å². The molecule has 11 heteroatoms. The van der Waals surface area contributed by atoms with Gasteiger partial charge in [0.2, 0.25) is 10.0 Å². The molecule has 1 N–H and O–H groups in total. The van der Waals surface area contributed by atoms with E-state index in [9.17, 15) is 8.42 Å². The molecule has 1 atom stereocenters. The first-order valence-electron chi connectivity index (χ1n) is 8.30. The van der Waals surface area contributed by atoms with Gasteiger partial charge in [-0.15, -0.1) is 5.10 Å². The van der Waals surface area contributed by atoms with E-state index in [2.05, 4.69) is 19.9 Å². The Hall–Kier alpha value is -2.20. The largest absolute Gasteiger partial charge is 0.423 e. The maximum atomic E-state index is 12.7. The molecule has 3 aromatic rings. The summed E-state index contributed by atoms with van der Waals surface area (Å²) < 4.78 is 35.3. The molecule has 1 aromatic carbocycles. The Bertz CT molecular complexity index is 1070. The fourth-order valence-corrected chi connectivity index (χ4v) is 4.09. The number of ether oxygens (including phenoxy) is 1. The summed E-state index contributed by atoms with van der Waals surface area (Å²) in [5.41, 5.74) is 0. The Morgan fingerprint density at radius 3 is 2.64 bits per heavy atom. The Morgan fingerprint density at radius 1 is 1.21 bits per heavy atom. The lowest BCUT2D eigenvalue weighted by molar-refractivity contribution is 0.406. The molecule has 2 heterocycles. The van der Waals surface area contributed by atoms with Crippen molar-refractivity contribution in [1.82, 2.24) is 24.5 Å². The summed E-state index contributed by atoms with van der Waals surface area (Å²) in [6.07, 6.45) is 3.17. The second-order valence-electron chi connectivity index (χ2n) is 5.79. The molecule has 0 amide bonds. The Kier molecular flexibility index (Phi) is 6.19. The highest BCUT2D eigenvalue weighted by Gasteiger charge is 2.24. The lowest BCUT2D eigenvalue weighted by Gasteiger charge is -2.15. The van der Waals surface area contributed by atoms with Crippen LogP contribution in [0.5, 0.6) is 11.8 Å². The SMILES string of the molecule is CCn1c(Oc2cccnc2)nnc1[C@@H](C)NS(=O)(=O)c1ccc(Cl)c(Cl)c1. The number of sulfonamides is 1. The van der Waals surface area contributed by atoms with Gasteiger partial charge in [0, 0.05) is 12.7 Å². The molecule has 148 valence electrons. The van der Waals surface area contributed by atoms with E-state index < -0.39 is 16.1 Å². The Labute approximate surface area is 172 Å². The van der Waals surface area contributed by atoms with Crippen LogP contribution in [0.1, 0.15) is 25.7 Å². The topological polar surface area (TPSA) is 99.0 Å². The number of nitrogens with zero attached hydrogens (tertiary/aromatic N) is 4. The van der Waals surface area contributed by atoms with Gasteiger partial charge in [-0.05, 0) is 44.2 Å². The summed E-state index contributed by atoms with van der Waals surface area (Å²) in [4.78, 5) is 3.98. The number of halogens is 2. The van der Waals surface area contributed by atoms with E-state index in [-0.39, 0.29) is 21.0 Å². The molecule has 0 saturated heterocycles. The van der Waals surface area contributed by atoms with Gasteiger partial charge in [-0.2, -0.15) is 0 Å². The van der Waals surface area contributed by atoms with Crippen LogP contribution in [-0.2, 0) is 16.6 Å². The van der Waals surface area contributed by atoms with E-state index in [4.69, 9.17) is 27.9 Å². The molecule has 0 radical (unpaired) electrons. The third-order valence-corrected chi connectivity index (χ3v) is 6.10. The molecule has 0 fully saturated rings. The minimum atomic E-state index is -3.85. The highest BCUT2D eigenvalue weighted by molar-refractivity contribution is 7.89. The van der Waals surface area contributed by atoms with Gasteiger partial charge in [0.25, 0.3) is 0 Å². The predicted molar refractivity (Wildman–Crippen MR) is 105 cm³/mol. The van der Waals surface area contributed by atoms with E-state index in [0.717, 1.165) is 0 Å². The number of hydrogen-bond donors (Lipinski definition) is 1. The number of hydrogen-bond acceptors (Lipinski definition) is 6. The highest BCUT2D eigenvalue weighted by Crippen LogP contribution is 2.26. The van der Waals surface area contributed by atoms with Gasteiger partial charge in [0.05, 0.1) is 27.2 Å². The van der Waals surface area contributed by atoms with E-state index >= 15 is 0 Å². The van der Waals surface area contributed by atoms with E-state index in [1.807, 2.05) is 6.92 Å². The molecule has 0 unspecified atom stereocenters. The first kappa shape index (κ1) is 20.5. The summed E-state index contributed by atoms with van der Waals surface area (Å²) >= 11 is 11.8. The van der Waals surface area contributed by atoms with Crippen molar-refractivity contribution in [1.29, 1.82) is 0 Å². The smallest absolute Gasteiger partial charge is 0.322 e. The van der Waals surface area contributed by atoms with Crippen molar-refractivity contribution in [2.45, 2.75) is 31.3 Å². The highest BCUT2D eigenvalue weighted by atomic mass is 35.5. The number of rotatable bonds is 7. The average molecular weight is 442 g/mol. The monoisotopic (exact) mass is 441 g/mol. The van der Waals surface area contributed by atoms with Gasteiger partial charge in [-0.3, -0.25) is 9.55 Å². The van der Waals surface area contributed by atoms with Crippen LogP contribution < -0.4 is 9.46 Å². The number of nitrogens with one attached hydrogen (secondary N) is 1. The zero-order chi connectivity index (χ0) is 20.3. The molecule has 28 heavy (non-hydrogen) atoms. The summed E-state index contributed by atoms with van der Waals surface area (Å²) in [6.45, 7) is 4.03. The lowest BCUT2D eigenvalue weighted by atomic mass is 10.3. The second-order valence-corrected chi connectivity index (χ2v) is 8.32. The van der Waals surface area contributed by atoms with Crippen LogP contribution in [0.25, 0.3) is 0 Å². The van der Waals surface area contributed by atoms with Crippen LogP contribution in [0.15, 0.2) is 47.6 Å². The molecule has 2 aromatic heterocycles. The lowest BCUT2D eigenvalue weighted by Crippen LogP contribution is -2.29. The molecule has 0 aliphatic heterocycles. The fourth-order valence-electron chi connectivity index (χ4n) is 2.50. The van der Waals surface area contributed by atoms with Crippen LogP contribution in [0.3, 0.4) is 0 Å².